The Morgan fingerprint density at radius 3 is 2.96 bits per heavy atom. The molecule has 0 saturated heterocycles. The number of ether oxygens (including phenoxy) is 1. The highest BCUT2D eigenvalue weighted by Gasteiger charge is 2.25. The van der Waals surface area contributed by atoms with Crippen LogP contribution in [0, 0.1) is 5.92 Å². The molecule has 1 fully saturated rings. The van der Waals surface area contributed by atoms with Crippen molar-refractivity contribution in [3.63, 3.8) is 0 Å². The summed E-state index contributed by atoms with van der Waals surface area (Å²) in [5, 5.41) is 9.64. The zero-order valence-electron chi connectivity index (χ0n) is 13.9. The molecule has 1 aromatic heterocycles. The molecular weight excluding hydrogens is 334 g/mol. The second-order valence-electron chi connectivity index (χ2n) is 5.88. The number of hydrogen-bond acceptors (Lipinski definition) is 5. The second-order valence-corrected chi connectivity index (χ2v) is 5.88. The summed E-state index contributed by atoms with van der Waals surface area (Å²) in [5.74, 6) is -0.218. The molecule has 0 aliphatic heterocycles. The van der Waals surface area contributed by atoms with Gasteiger partial charge in [0.05, 0.1) is 18.5 Å². The van der Waals surface area contributed by atoms with E-state index < -0.39 is 0 Å². The van der Waals surface area contributed by atoms with E-state index in [0.717, 1.165) is 25.7 Å². The Morgan fingerprint density at radius 1 is 1.46 bits per heavy atom. The summed E-state index contributed by atoms with van der Waals surface area (Å²) in [6.07, 6.45) is 6.76. The highest BCUT2D eigenvalue weighted by molar-refractivity contribution is 5.92. The van der Waals surface area contributed by atoms with Crippen LogP contribution in [0.3, 0.4) is 0 Å². The Hall–Kier alpha value is -1.64. The summed E-state index contributed by atoms with van der Waals surface area (Å²) in [5.41, 5.74) is 6.51. The van der Waals surface area contributed by atoms with Crippen molar-refractivity contribution in [1.82, 2.24) is 15.1 Å². The van der Waals surface area contributed by atoms with Crippen LogP contribution >= 0.6 is 12.4 Å². The molecule has 4 N–H and O–H groups in total. The third kappa shape index (κ3) is 6.46. The number of hydrogen-bond donors (Lipinski definition) is 3. The number of amides is 2. The first-order chi connectivity index (χ1) is 11.1. The van der Waals surface area contributed by atoms with E-state index >= 15 is 0 Å². The smallest absolute Gasteiger partial charge is 0.241 e. The Morgan fingerprint density at radius 2 is 2.25 bits per heavy atom. The Balaban J connectivity index is 0.00000288. The van der Waals surface area contributed by atoms with Crippen LogP contribution in [0.2, 0.25) is 0 Å². The zero-order valence-corrected chi connectivity index (χ0v) is 14.7. The lowest BCUT2D eigenvalue weighted by Gasteiger charge is -2.25. The maximum atomic E-state index is 12.2. The molecule has 0 aromatic carbocycles. The van der Waals surface area contributed by atoms with Gasteiger partial charge in [-0.2, -0.15) is 5.10 Å². The summed E-state index contributed by atoms with van der Waals surface area (Å²) >= 11 is 0. The number of anilines is 1. The predicted molar refractivity (Wildman–Crippen MR) is 92.9 cm³/mol. The first-order valence-electron chi connectivity index (χ1n) is 7.93. The third-order valence-electron chi connectivity index (χ3n) is 3.92. The third-order valence-corrected chi connectivity index (χ3v) is 3.92. The molecule has 0 spiro atoms. The van der Waals surface area contributed by atoms with Crippen LogP contribution in [0.1, 0.15) is 25.7 Å². The average Bonchev–Trinajstić information content (AvgIpc) is 2.94. The lowest BCUT2D eigenvalue weighted by atomic mass is 9.85. The Labute approximate surface area is 147 Å². The molecule has 0 bridgehead atoms. The van der Waals surface area contributed by atoms with Crippen molar-refractivity contribution in [2.24, 2.45) is 11.7 Å². The number of nitrogens with one attached hydrogen (secondary N) is 2. The van der Waals surface area contributed by atoms with Crippen molar-refractivity contribution in [2.45, 2.75) is 38.3 Å². The number of carbonyl (C=O) groups excluding carboxylic acids is 2. The number of nitrogens with zero attached hydrogens (tertiary/aromatic N) is 2. The minimum Gasteiger partial charge on any atom is -0.383 e. The van der Waals surface area contributed by atoms with E-state index in [9.17, 15) is 9.59 Å². The maximum Gasteiger partial charge on any atom is 0.241 e. The number of rotatable bonds is 7. The van der Waals surface area contributed by atoms with Crippen LogP contribution < -0.4 is 16.4 Å². The van der Waals surface area contributed by atoms with Gasteiger partial charge in [0.2, 0.25) is 11.8 Å². The van der Waals surface area contributed by atoms with Gasteiger partial charge in [-0.25, -0.2) is 0 Å². The molecule has 9 heteroatoms. The molecule has 0 radical (unpaired) electrons. The minimum atomic E-state index is -0.152. The number of methoxy groups -OCH3 is 1. The monoisotopic (exact) mass is 359 g/mol. The first kappa shape index (κ1) is 20.4. The molecule has 136 valence electrons. The molecule has 1 heterocycles. The molecule has 2 unspecified atom stereocenters. The number of carbonyl (C=O) groups is 2. The van der Waals surface area contributed by atoms with Gasteiger partial charge < -0.3 is 21.1 Å². The Kier molecular flexibility index (Phi) is 8.73. The van der Waals surface area contributed by atoms with Crippen LogP contribution in [0.25, 0.3) is 0 Å². The van der Waals surface area contributed by atoms with Crippen molar-refractivity contribution in [3.05, 3.63) is 12.4 Å². The molecule has 2 amide bonds. The van der Waals surface area contributed by atoms with Crippen molar-refractivity contribution >= 4 is 29.9 Å². The fourth-order valence-electron chi connectivity index (χ4n) is 2.72. The van der Waals surface area contributed by atoms with Crippen molar-refractivity contribution in [2.75, 3.05) is 25.6 Å². The molecule has 24 heavy (non-hydrogen) atoms. The molecule has 1 aliphatic carbocycles. The van der Waals surface area contributed by atoms with Gasteiger partial charge in [0.25, 0.3) is 0 Å². The van der Waals surface area contributed by atoms with Gasteiger partial charge in [0.1, 0.15) is 6.54 Å². The normalized spacial score (nSPS) is 20.1. The van der Waals surface area contributed by atoms with E-state index in [1.807, 2.05) is 0 Å². The van der Waals surface area contributed by atoms with Gasteiger partial charge in [-0.05, 0) is 19.3 Å². The Bertz CT molecular complexity index is 537. The van der Waals surface area contributed by atoms with Crippen LogP contribution in [-0.4, -0.2) is 47.9 Å². The predicted octanol–water partition coefficient (Wildman–Crippen LogP) is 0.524. The van der Waals surface area contributed by atoms with E-state index in [2.05, 4.69) is 15.7 Å². The summed E-state index contributed by atoms with van der Waals surface area (Å²) < 4.78 is 6.35. The summed E-state index contributed by atoms with van der Waals surface area (Å²) in [6, 6.07) is 0.109. The van der Waals surface area contributed by atoms with Gasteiger partial charge in [0, 0.05) is 31.8 Å². The summed E-state index contributed by atoms with van der Waals surface area (Å²) in [4.78, 5) is 23.9. The summed E-state index contributed by atoms with van der Waals surface area (Å²) in [7, 11) is 1.58. The van der Waals surface area contributed by atoms with Crippen LogP contribution in [0.15, 0.2) is 12.4 Å². The van der Waals surface area contributed by atoms with E-state index in [1.165, 1.54) is 4.68 Å². The van der Waals surface area contributed by atoms with E-state index in [4.69, 9.17) is 10.5 Å². The molecule has 2 rings (SSSR count). The van der Waals surface area contributed by atoms with Gasteiger partial charge in [-0.15, -0.1) is 12.4 Å². The number of halogens is 1. The van der Waals surface area contributed by atoms with E-state index in [-0.39, 0.29) is 42.7 Å². The molecule has 8 nitrogen and oxygen atoms in total. The molecule has 1 aliphatic rings. The van der Waals surface area contributed by atoms with Gasteiger partial charge in [-0.3, -0.25) is 14.3 Å². The van der Waals surface area contributed by atoms with Crippen LogP contribution in [0.5, 0.6) is 0 Å². The highest BCUT2D eigenvalue weighted by Crippen LogP contribution is 2.24. The van der Waals surface area contributed by atoms with E-state index in [1.54, 1.807) is 19.5 Å². The van der Waals surface area contributed by atoms with Crippen molar-refractivity contribution in [1.29, 1.82) is 0 Å². The van der Waals surface area contributed by atoms with Gasteiger partial charge >= 0.3 is 0 Å². The van der Waals surface area contributed by atoms with Gasteiger partial charge in [-0.1, -0.05) is 6.42 Å². The quantitative estimate of drug-likeness (QED) is 0.615. The molecule has 2 atom stereocenters. The zero-order chi connectivity index (χ0) is 16.7. The highest BCUT2D eigenvalue weighted by atomic mass is 35.5. The molecular formula is C15H26ClN5O3. The number of aromatic nitrogens is 2. The fourth-order valence-corrected chi connectivity index (χ4v) is 2.72. The van der Waals surface area contributed by atoms with Crippen molar-refractivity contribution < 1.29 is 14.3 Å². The van der Waals surface area contributed by atoms with Crippen LogP contribution in [0.4, 0.5) is 5.69 Å². The molecule has 1 saturated carbocycles. The van der Waals surface area contributed by atoms with Gasteiger partial charge in [0.15, 0.2) is 0 Å². The van der Waals surface area contributed by atoms with Crippen molar-refractivity contribution in [3.8, 4) is 0 Å². The maximum absolute atomic E-state index is 12.2. The number of nitrogens with two attached hydrogens (primary N) is 1. The largest absolute Gasteiger partial charge is 0.383 e. The first-order valence-corrected chi connectivity index (χ1v) is 7.93. The summed E-state index contributed by atoms with van der Waals surface area (Å²) in [6.45, 7) is 1.03. The average molecular weight is 360 g/mol. The topological polar surface area (TPSA) is 111 Å². The SMILES string of the molecule is COCCNC(=O)Cn1cc(NC(=O)C2CCCC(N)C2)cn1.Cl. The standard InChI is InChI=1S/C15H25N5O3.ClH/c1-23-6-5-17-14(21)10-20-9-13(8-18-20)19-15(22)11-3-2-4-12(16)7-11;/h8-9,11-12H,2-7,10,16H2,1H3,(H,17,21)(H,19,22);1H. The van der Waals surface area contributed by atoms with E-state index in [0.29, 0.717) is 18.8 Å². The lowest BCUT2D eigenvalue weighted by Crippen LogP contribution is -2.34. The fraction of sp³-hybridized carbons (Fsp3) is 0.667. The van der Waals surface area contributed by atoms with Crippen LogP contribution in [-0.2, 0) is 20.9 Å². The second kappa shape index (κ2) is 10.3. The minimum absolute atomic E-state index is 0. The molecule has 1 aromatic rings. The lowest BCUT2D eigenvalue weighted by molar-refractivity contribution is -0.122.